The summed E-state index contributed by atoms with van der Waals surface area (Å²) in [6.07, 6.45) is 27.4. The summed E-state index contributed by atoms with van der Waals surface area (Å²) in [5.41, 5.74) is 22.3. The van der Waals surface area contributed by atoms with E-state index in [2.05, 4.69) is 270 Å². The van der Waals surface area contributed by atoms with Gasteiger partial charge in [-0.25, -0.2) is 19.9 Å². The molecular formula is C97H122Br2N6O2S4Sn2. The quantitative estimate of drug-likeness (QED) is 0.0291. The molecule has 113 heavy (non-hydrogen) atoms. The molecule has 0 spiro atoms. The van der Waals surface area contributed by atoms with Gasteiger partial charge in [0.15, 0.2) is 0 Å². The number of aromatic nitrogens is 6. The van der Waals surface area contributed by atoms with Crippen LogP contribution in [0.3, 0.4) is 0 Å². The molecule has 8 heterocycles. The van der Waals surface area contributed by atoms with Crippen LogP contribution in [-0.4, -0.2) is 79.0 Å². The predicted octanol–water partition coefficient (Wildman–Crippen LogP) is 31.4. The van der Waals surface area contributed by atoms with Crippen molar-refractivity contribution in [1.82, 2.24) is 29.1 Å². The van der Waals surface area contributed by atoms with Crippen LogP contribution in [0.4, 0.5) is 0 Å². The number of halogens is 2. The van der Waals surface area contributed by atoms with Crippen LogP contribution < -0.4 is 15.3 Å². The molecule has 8 aromatic heterocycles. The maximum atomic E-state index is 6.01. The molecule has 0 atom stereocenters. The Morgan fingerprint density at radius 3 is 1.12 bits per heavy atom. The molecule has 14 aromatic rings. The van der Waals surface area contributed by atoms with E-state index in [9.17, 15) is 0 Å². The van der Waals surface area contributed by atoms with Crippen LogP contribution in [0.15, 0.2) is 155 Å². The van der Waals surface area contributed by atoms with Gasteiger partial charge in [-0.15, -0.1) is 22.7 Å². The van der Waals surface area contributed by atoms with Crippen LogP contribution in [0.25, 0.3) is 118 Å². The Morgan fingerprint density at radius 2 is 0.708 bits per heavy atom. The third-order valence-corrected chi connectivity index (χ3v) is 46.3. The third-order valence-electron chi connectivity index (χ3n) is 21.4. The zero-order chi connectivity index (χ0) is 79.1. The summed E-state index contributed by atoms with van der Waals surface area (Å²) in [6, 6.07) is 52.8. The predicted molar refractivity (Wildman–Crippen MR) is 513 cm³/mol. The average molecular weight is 1930 g/mol. The first kappa shape index (κ1) is 88.4. The number of aryl methyl sites for hydroxylation is 6. The molecule has 0 radical (unpaired) electrons. The molecule has 0 saturated heterocycles. The molecule has 0 N–H and O–H groups in total. The van der Waals surface area contributed by atoms with Gasteiger partial charge in [0.2, 0.25) is 0 Å². The summed E-state index contributed by atoms with van der Waals surface area (Å²) in [4.78, 5) is 39.2. The molecule has 0 aliphatic carbocycles. The number of benzene rings is 6. The Kier molecular flexibility index (Phi) is 32.7. The number of ether oxygens (including phenoxy) is 2. The van der Waals surface area contributed by atoms with Crippen LogP contribution in [0.1, 0.15) is 199 Å². The smallest absolute Gasteiger partial charge is 0.119 e. The van der Waals surface area contributed by atoms with E-state index in [0.717, 1.165) is 157 Å². The normalized spacial score (nSPS) is 11.9. The summed E-state index contributed by atoms with van der Waals surface area (Å²) in [5, 5.41) is 0. The van der Waals surface area contributed by atoms with Gasteiger partial charge in [0, 0.05) is 53.1 Å². The first-order valence-electron chi connectivity index (χ1n) is 41.9. The first-order valence-corrected chi connectivity index (χ1v) is 66.8. The minimum absolute atomic E-state index is 0. The minimum atomic E-state index is -2.01. The molecule has 598 valence electrons. The SMILES string of the molecule is C.CCCCCCCCn1c2c[c]([Sn]([CH3])([CH3])[CH3])sc2c2s[c]([Sn]([CH3])([CH3])[CH3])cc21.CCCCCCCCn1c2cc(C)sc2c2sc(-c3ccc(C)c4nc(-c5ccc(OCCCC)cc5)c(-c5ccc(CCCC)cc5)nc34)cc21.CCCCOc1ccc(-c2nc3c(Br)ccc(Br)c3nc2-c2ccc(CCCC)cc2)cc1. The number of unbranched alkanes of at least 4 members (excludes halogenated alkanes) is 14. The number of thiophene rings is 4. The van der Waals surface area contributed by atoms with Crippen molar-refractivity contribution in [3.63, 3.8) is 0 Å². The van der Waals surface area contributed by atoms with Gasteiger partial charge in [0.25, 0.3) is 0 Å². The molecule has 14 rings (SSSR count). The Morgan fingerprint density at radius 1 is 0.354 bits per heavy atom. The number of rotatable bonds is 35. The van der Waals surface area contributed by atoms with E-state index in [1.807, 2.05) is 46.9 Å². The Bertz CT molecular complexity index is 5340. The molecule has 0 saturated carbocycles. The Balaban J connectivity index is 0.000000178. The molecule has 0 amide bonds. The fourth-order valence-corrected chi connectivity index (χ4v) is 30.7. The topological polar surface area (TPSA) is 79.9 Å². The van der Waals surface area contributed by atoms with Gasteiger partial charge < -0.3 is 14.0 Å². The number of nitrogens with zero attached hydrogens (tertiary/aromatic N) is 6. The van der Waals surface area contributed by atoms with Crippen molar-refractivity contribution in [3.05, 3.63) is 176 Å². The molecule has 0 bridgehead atoms. The summed E-state index contributed by atoms with van der Waals surface area (Å²) in [5.74, 6) is 1.78. The molecule has 0 fully saturated rings. The second-order valence-corrected chi connectivity index (χ2v) is 69.6. The second kappa shape index (κ2) is 41.8. The molecule has 0 aliphatic rings. The number of hydrogen-bond donors (Lipinski definition) is 0. The van der Waals surface area contributed by atoms with E-state index >= 15 is 0 Å². The maximum absolute atomic E-state index is 6.01. The zero-order valence-corrected chi connectivity index (χ0v) is 81.3. The van der Waals surface area contributed by atoms with Gasteiger partial charge in [0.05, 0.1) is 67.5 Å². The Hall–Kier alpha value is -5.44. The molecule has 0 aliphatic heterocycles. The fraction of sp³-hybridized carbons (Fsp3) is 0.423. The van der Waals surface area contributed by atoms with Crippen LogP contribution >= 0.6 is 77.2 Å². The number of fused-ring (bicyclic) bond motifs is 8. The van der Waals surface area contributed by atoms with Gasteiger partial charge in [-0.3, -0.25) is 0 Å². The van der Waals surface area contributed by atoms with Crippen molar-refractivity contribution in [2.24, 2.45) is 0 Å². The van der Waals surface area contributed by atoms with Crippen molar-refractivity contribution in [2.45, 2.75) is 247 Å². The van der Waals surface area contributed by atoms with Crippen LogP contribution in [-0.2, 0) is 25.9 Å². The minimum Gasteiger partial charge on any atom is -0.494 e. The van der Waals surface area contributed by atoms with Gasteiger partial charge in [0.1, 0.15) is 22.5 Å². The average Bonchev–Trinajstić information content (AvgIpc) is 1.60. The van der Waals surface area contributed by atoms with Crippen molar-refractivity contribution < 1.29 is 9.47 Å². The molecule has 16 heteroatoms. The standard InChI is InChI=1S/C46H53N3OS2.C28H28Br2N2O.C16H19NS2.CH4.6CH3.2Sn/c1-6-9-12-13-14-15-27-49-38-29-32(5)51-45(38)46-39(49)30-40(52-46)37-26-17-31(4)41-44(37)48-43(34-20-18-33(19-21-34)16-10-7-2)42(47-41)35-22-24-36(25-23-35)50-28-11-8-3;1-3-5-7-19-8-10-20(11-9-19)25-26(21-12-14-22(15-13-21)33-18-6-4-2)32-28-24(30)17-16-23(29)27(28)31-25;1-2-3-4-5-6-7-10-17-13-8-11-18-15(13)16-14(17)9-12-19-16;;;;;;;;;/h17-26,29-30H,6-16,27-28H2,1-5H3;8-17H,3-7,18H2,1-2H3;8-9H,2-7,10H2,1H3;1H4;6*1H3;;. The van der Waals surface area contributed by atoms with Gasteiger partial charge in [-0.1, -0.05) is 160 Å². The van der Waals surface area contributed by atoms with Crippen molar-refractivity contribution in [2.75, 3.05) is 13.2 Å². The third kappa shape index (κ3) is 21.9. The summed E-state index contributed by atoms with van der Waals surface area (Å²) in [6.45, 7) is 21.6. The molecule has 8 nitrogen and oxygen atoms in total. The summed E-state index contributed by atoms with van der Waals surface area (Å²) >= 11 is 11.4. The largest absolute Gasteiger partial charge is 0.494 e. The van der Waals surface area contributed by atoms with Gasteiger partial charge in [-0.2, -0.15) is 0 Å². The monoisotopic (exact) mass is 1930 g/mol. The molecular weight excluding hydrogens is 1810 g/mol. The fourth-order valence-electron chi connectivity index (χ4n) is 14.7. The number of hydrogen-bond acceptors (Lipinski definition) is 10. The zero-order valence-electron chi connectivity index (χ0n) is 69.1. The van der Waals surface area contributed by atoms with E-state index in [4.69, 9.17) is 29.4 Å². The maximum Gasteiger partial charge on any atom is 0.119 e. The van der Waals surface area contributed by atoms with Crippen LogP contribution in [0, 0.1) is 13.8 Å². The van der Waals surface area contributed by atoms with E-state index in [1.165, 1.54) is 151 Å². The van der Waals surface area contributed by atoms with E-state index in [0.29, 0.717) is 0 Å². The van der Waals surface area contributed by atoms with Crippen LogP contribution in [0.2, 0.25) is 29.6 Å². The molecule has 6 aromatic carbocycles. The van der Waals surface area contributed by atoms with E-state index in [-0.39, 0.29) is 7.43 Å². The van der Waals surface area contributed by atoms with E-state index < -0.39 is 36.8 Å². The van der Waals surface area contributed by atoms with Gasteiger partial charge >= 0.3 is 184 Å². The van der Waals surface area contributed by atoms with Crippen molar-refractivity contribution >= 4 is 183 Å². The second-order valence-electron chi connectivity index (χ2n) is 32.6. The summed E-state index contributed by atoms with van der Waals surface area (Å²) in [7, 11) is 0. The van der Waals surface area contributed by atoms with Crippen LogP contribution in [0.5, 0.6) is 11.5 Å². The van der Waals surface area contributed by atoms with E-state index in [1.54, 1.807) is 26.2 Å². The molecule has 0 unspecified atom stereocenters. The first-order chi connectivity index (χ1) is 54.2. The van der Waals surface area contributed by atoms with Crippen molar-refractivity contribution in [1.29, 1.82) is 0 Å². The Labute approximate surface area is 716 Å². The van der Waals surface area contributed by atoms with Gasteiger partial charge in [-0.05, 0) is 180 Å². The van der Waals surface area contributed by atoms with Crippen molar-refractivity contribution in [3.8, 4) is 67.0 Å². The summed E-state index contributed by atoms with van der Waals surface area (Å²) < 4.78 is 28.5.